The van der Waals surface area contributed by atoms with Gasteiger partial charge in [-0.05, 0) is 49.8 Å². The number of carbonyl (C=O) groups is 2. The number of aromatic hydroxyl groups is 1. The summed E-state index contributed by atoms with van der Waals surface area (Å²) < 4.78 is 0. The molecule has 0 spiro atoms. The number of carbonyl (C=O) groups excluding carboxylic acids is 1. The number of phenolic OH excluding ortho intramolecular Hbond substituents is 1. The quantitative estimate of drug-likeness (QED) is 0.508. The zero-order chi connectivity index (χ0) is 17.8. The lowest BCUT2D eigenvalue weighted by Gasteiger charge is -2.05. The first kappa shape index (κ1) is 20.2. The summed E-state index contributed by atoms with van der Waals surface area (Å²) >= 11 is 0. The number of ketones is 1. The summed E-state index contributed by atoms with van der Waals surface area (Å²) in [5, 5.41) is 18.0. The Kier molecular flexibility index (Phi) is 9.81. The molecular weight excluding hydrogens is 304 g/mol. The Morgan fingerprint density at radius 2 is 1.46 bits per heavy atom. The zero-order valence-electron chi connectivity index (χ0n) is 14.7. The lowest BCUT2D eigenvalue weighted by atomic mass is 10.0. The first-order valence-corrected chi connectivity index (χ1v) is 9.01. The van der Waals surface area contributed by atoms with E-state index in [1.54, 1.807) is 6.07 Å². The third-order valence-electron chi connectivity index (χ3n) is 4.28. The van der Waals surface area contributed by atoms with E-state index in [1.807, 2.05) is 19.1 Å². The summed E-state index contributed by atoms with van der Waals surface area (Å²) in [5.74, 6) is -0.0720. The molecule has 134 valence electrons. The Balaban J connectivity index is 2.00. The molecule has 0 saturated heterocycles. The van der Waals surface area contributed by atoms with Gasteiger partial charge in [0.2, 0.25) is 0 Å². The van der Waals surface area contributed by atoms with Crippen LogP contribution in [0.3, 0.4) is 0 Å². The van der Waals surface area contributed by atoms with E-state index in [2.05, 4.69) is 0 Å². The van der Waals surface area contributed by atoms with Crippen LogP contribution in [0.2, 0.25) is 0 Å². The average Bonchev–Trinajstić information content (AvgIpc) is 2.53. The van der Waals surface area contributed by atoms with E-state index in [9.17, 15) is 14.7 Å². The molecule has 0 bridgehead atoms. The summed E-state index contributed by atoms with van der Waals surface area (Å²) in [4.78, 5) is 22.2. The van der Waals surface area contributed by atoms with E-state index in [-0.39, 0.29) is 6.42 Å². The van der Waals surface area contributed by atoms with Crippen LogP contribution in [0, 0.1) is 6.92 Å². The smallest absolute Gasteiger partial charge is 0.303 e. The molecule has 0 aliphatic carbocycles. The maximum Gasteiger partial charge on any atom is 0.303 e. The minimum atomic E-state index is -0.719. The van der Waals surface area contributed by atoms with Crippen LogP contribution in [-0.2, 0) is 16.0 Å². The van der Waals surface area contributed by atoms with Crippen molar-refractivity contribution in [3.8, 4) is 5.75 Å². The van der Waals surface area contributed by atoms with E-state index in [1.165, 1.54) is 5.56 Å². The van der Waals surface area contributed by atoms with Crippen molar-refractivity contribution in [1.82, 2.24) is 0 Å². The number of carboxylic acids is 1. The van der Waals surface area contributed by atoms with E-state index in [4.69, 9.17) is 5.11 Å². The Morgan fingerprint density at radius 3 is 2.08 bits per heavy atom. The van der Waals surface area contributed by atoms with Crippen LogP contribution in [0.25, 0.3) is 0 Å². The maximum absolute atomic E-state index is 11.9. The van der Waals surface area contributed by atoms with Gasteiger partial charge in [0.1, 0.15) is 11.5 Å². The van der Waals surface area contributed by atoms with Gasteiger partial charge >= 0.3 is 5.97 Å². The van der Waals surface area contributed by atoms with Gasteiger partial charge in [0, 0.05) is 19.3 Å². The first-order valence-electron chi connectivity index (χ1n) is 9.01. The monoisotopic (exact) mass is 334 g/mol. The number of benzene rings is 1. The molecule has 0 aromatic heterocycles. The number of hydrogen-bond acceptors (Lipinski definition) is 3. The molecule has 4 nitrogen and oxygen atoms in total. The second-order valence-corrected chi connectivity index (χ2v) is 6.53. The van der Waals surface area contributed by atoms with Gasteiger partial charge in [-0.2, -0.15) is 0 Å². The molecule has 1 rings (SSSR count). The number of hydrogen-bond donors (Lipinski definition) is 2. The van der Waals surface area contributed by atoms with Crippen molar-refractivity contribution in [3.05, 3.63) is 29.3 Å². The van der Waals surface area contributed by atoms with Crippen LogP contribution in [-0.4, -0.2) is 22.0 Å². The highest BCUT2D eigenvalue weighted by Gasteiger charge is 2.04. The summed E-state index contributed by atoms with van der Waals surface area (Å²) in [7, 11) is 0. The largest absolute Gasteiger partial charge is 0.508 e. The molecule has 0 amide bonds. The van der Waals surface area contributed by atoms with Gasteiger partial charge in [-0.3, -0.25) is 9.59 Å². The lowest BCUT2D eigenvalue weighted by Crippen LogP contribution is -1.99. The van der Waals surface area contributed by atoms with E-state index in [0.717, 1.165) is 56.9 Å². The fraction of sp³-hybridized carbons (Fsp3) is 0.600. The number of unbranched alkanes of at least 4 members (excludes halogenated alkanes) is 5. The summed E-state index contributed by atoms with van der Waals surface area (Å²) in [5.41, 5.74) is 2.04. The number of Topliss-reactive ketones (excluding diaryl/α,β-unsaturated/α-hetero) is 1. The summed E-state index contributed by atoms with van der Waals surface area (Å²) in [6, 6.07) is 5.60. The third kappa shape index (κ3) is 9.33. The highest BCUT2D eigenvalue weighted by Crippen LogP contribution is 2.18. The molecule has 0 saturated carbocycles. The minimum absolute atomic E-state index is 0.263. The van der Waals surface area contributed by atoms with Crippen molar-refractivity contribution in [2.75, 3.05) is 0 Å². The van der Waals surface area contributed by atoms with Gasteiger partial charge in [0.15, 0.2) is 0 Å². The highest BCUT2D eigenvalue weighted by molar-refractivity contribution is 5.78. The fourth-order valence-corrected chi connectivity index (χ4v) is 2.79. The number of carboxylic acid groups (broad SMARTS) is 1. The van der Waals surface area contributed by atoms with Crippen LogP contribution in [0.1, 0.15) is 75.3 Å². The average molecular weight is 334 g/mol. The SMILES string of the molecule is Cc1cc(CCCC(=O)CCCCCCCCC(=O)O)ccc1O. The third-order valence-corrected chi connectivity index (χ3v) is 4.28. The van der Waals surface area contributed by atoms with E-state index < -0.39 is 5.97 Å². The second kappa shape index (κ2) is 11.7. The van der Waals surface area contributed by atoms with Crippen molar-refractivity contribution in [3.63, 3.8) is 0 Å². The molecule has 0 heterocycles. The van der Waals surface area contributed by atoms with Crippen molar-refractivity contribution in [1.29, 1.82) is 0 Å². The normalized spacial score (nSPS) is 10.7. The van der Waals surface area contributed by atoms with Gasteiger partial charge < -0.3 is 10.2 Å². The van der Waals surface area contributed by atoms with Crippen LogP contribution < -0.4 is 0 Å². The Hall–Kier alpha value is -1.84. The molecule has 0 atom stereocenters. The lowest BCUT2D eigenvalue weighted by molar-refractivity contribution is -0.137. The summed E-state index contributed by atoms with van der Waals surface area (Å²) in [6.07, 6.45) is 9.13. The molecule has 1 aromatic rings. The molecule has 0 aliphatic heterocycles. The number of rotatable bonds is 13. The maximum atomic E-state index is 11.9. The molecule has 0 radical (unpaired) electrons. The standard InChI is InChI=1S/C20H30O4/c1-16-15-17(13-14-19(16)22)9-8-11-18(21)10-6-4-2-3-5-7-12-20(23)24/h13-15,22H,2-12H2,1H3,(H,23,24). The number of phenols is 1. The van der Waals surface area contributed by atoms with Crippen LogP contribution >= 0.6 is 0 Å². The van der Waals surface area contributed by atoms with Gasteiger partial charge in [0.05, 0.1) is 0 Å². The van der Waals surface area contributed by atoms with Gasteiger partial charge in [-0.1, -0.05) is 37.8 Å². The molecule has 0 fully saturated rings. The van der Waals surface area contributed by atoms with Crippen LogP contribution in [0.4, 0.5) is 0 Å². The zero-order valence-corrected chi connectivity index (χ0v) is 14.7. The predicted octanol–water partition coefficient (Wildman–Crippen LogP) is 4.80. The van der Waals surface area contributed by atoms with Crippen molar-refractivity contribution in [2.45, 2.75) is 77.6 Å². The van der Waals surface area contributed by atoms with Crippen molar-refractivity contribution < 1.29 is 19.8 Å². The Bertz CT molecular complexity index is 522. The molecule has 24 heavy (non-hydrogen) atoms. The van der Waals surface area contributed by atoms with E-state index >= 15 is 0 Å². The summed E-state index contributed by atoms with van der Waals surface area (Å²) in [6.45, 7) is 1.88. The molecule has 0 aliphatic rings. The predicted molar refractivity (Wildman–Crippen MR) is 95.4 cm³/mol. The van der Waals surface area contributed by atoms with Gasteiger partial charge in [-0.25, -0.2) is 0 Å². The van der Waals surface area contributed by atoms with Crippen LogP contribution in [0.15, 0.2) is 18.2 Å². The Labute approximate surface area is 144 Å². The van der Waals surface area contributed by atoms with E-state index in [0.29, 0.717) is 24.4 Å². The molecule has 1 aromatic carbocycles. The number of aryl methyl sites for hydroxylation is 2. The van der Waals surface area contributed by atoms with Crippen molar-refractivity contribution >= 4 is 11.8 Å². The first-order chi connectivity index (χ1) is 11.5. The molecule has 0 unspecified atom stereocenters. The van der Waals surface area contributed by atoms with Crippen LogP contribution in [0.5, 0.6) is 5.75 Å². The van der Waals surface area contributed by atoms with Crippen molar-refractivity contribution in [2.24, 2.45) is 0 Å². The van der Waals surface area contributed by atoms with Gasteiger partial charge in [0.25, 0.3) is 0 Å². The highest BCUT2D eigenvalue weighted by atomic mass is 16.4. The Morgan fingerprint density at radius 1 is 0.875 bits per heavy atom. The molecular formula is C20H30O4. The fourth-order valence-electron chi connectivity index (χ4n) is 2.79. The minimum Gasteiger partial charge on any atom is -0.508 e. The molecule has 4 heteroatoms. The molecule has 2 N–H and O–H groups in total. The second-order valence-electron chi connectivity index (χ2n) is 6.53. The topological polar surface area (TPSA) is 74.6 Å². The number of aliphatic carboxylic acids is 1. The van der Waals surface area contributed by atoms with Gasteiger partial charge in [-0.15, -0.1) is 0 Å².